The number of rotatable bonds is 18. The fraction of sp³-hybridized carbons (Fsp3) is 0.655. The van der Waals surface area contributed by atoms with Crippen LogP contribution in [0.3, 0.4) is 0 Å². The molecule has 2 aromatic carbocycles. The van der Waals surface area contributed by atoms with Crippen LogP contribution in [-0.4, -0.2) is 143 Å². The molecule has 3 aromatic rings. The largest absolute Gasteiger partial charge is 0.496 e. The summed E-state index contributed by atoms with van der Waals surface area (Å²) in [6.45, 7) is 7.80. The Balaban J connectivity index is 1.12. The number of carboxylic acid groups (broad SMARTS) is 1. The number of carboxylic acids is 1. The van der Waals surface area contributed by atoms with Crippen LogP contribution in [0.2, 0.25) is 0 Å². The Morgan fingerprint density at radius 2 is 1.62 bits per heavy atom. The van der Waals surface area contributed by atoms with E-state index in [1.807, 2.05) is 44.0 Å². The Kier molecular flexibility index (Phi) is 13.8. The molecule has 2 saturated heterocycles. The Morgan fingerprint density at radius 1 is 0.899 bits per heavy atom. The number of aliphatic hydroxyl groups is 3. The number of hydrogen-bond acceptors (Lipinski definition) is 11. The van der Waals surface area contributed by atoms with E-state index in [1.165, 1.54) is 7.11 Å². The molecule has 1 saturated carbocycles. The van der Waals surface area contributed by atoms with E-state index >= 15 is 9.59 Å². The predicted molar refractivity (Wildman–Crippen MR) is 266 cm³/mol. The van der Waals surface area contributed by atoms with E-state index in [0.29, 0.717) is 89.1 Å². The van der Waals surface area contributed by atoms with Crippen molar-refractivity contribution >= 4 is 34.4 Å². The van der Waals surface area contributed by atoms with E-state index in [1.54, 1.807) is 7.11 Å². The van der Waals surface area contributed by atoms with Gasteiger partial charge in [0.05, 0.1) is 25.9 Å². The maximum absolute atomic E-state index is 15.5. The van der Waals surface area contributed by atoms with Crippen LogP contribution >= 0.6 is 0 Å². The molecule has 1 spiro atoms. The number of amides is 1. The van der Waals surface area contributed by atoms with Crippen LogP contribution in [0.15, 0.2) is 48.6 Å². The molecule has 1 aliphatic carbocycles. The third-order valence-corrected chi connectivity index (χ3v) is 18.1. The highest BCUT2D eigenvalue weighted by atomic mass is 16.5. The number of esters is 1. The lowest BCUT2D eigenvalue weighted by Crippen LogP contribution is -2.81. The zero-order valence-corrected chi connectivity index (χ0v) is 41.7. The molecule has 69 heavy (non-hydrogen) atoms. The SMILES string of the molecule is CC[C@]1(O)C[C@H]2CN(CCc3c([nH]c4ccccc34)[C@](C(=O)OC)(c3cc4c(cc3OC)N(C)[C@@H]3[C@](O)(C(=O)NCCCCCCCCCCCC(=O)O)[C@H](O)[C@]5(CC)C=CCN6CC[C@@]43[C@H]65)C2)C1. The van der Waals surface area contributed by atoms with Gasteiger partial charge in [-0.1, -0.05) is 89.1 Å². The molecule has 1 unspecified atom stereocenters. The molecule has 14 heteroatoms. The van der Waals surface area contributed by atoms with Gasteiger partial charge in [0.15, 0.2) is 5.60 Å². The second-order valence-electron chi connectivity index (χ2n) is 21.7. The Hall–Kier alpha value is -4.47. The maximum Gasteiger partial charge on any atom is 0.322 e. The summed E-state index contributed by atoms with van der Waals surface area (Å²) in [5.41, 5.74) is -1.34. The van der Waals surface area contributed by atoms with Crippen molar-refractivity contribution in [1.29, 1.82) is 0 Å². The minimum atomic E-state index is -2.23. The Labute approximate surface area is 407 Å². The summed E-state index contributed by atoms with van der Waals surface area (Å²) >= 11 is 0. The number of methoxy groups -OCH3 is 2. The van der Waals surface area contributed by atoms with Crippen LogP contribution in [0.25, 0.3) is 10.9 Å². The normalized spacial score (nSPS) is 33.4. The topological polar surface area (TPSA) is 188 Å². The summed E-state index contributed by atoms with van der Waals surface area (Å²) in [7, 11) is 5.00. The molecule has 6 N–H and O–H groups in total. The first-order chi connectivity index (χ1) is 33.2. The first kappa shape index (κ1) is 49.5. The number of anilines is 1. The average Bonchev–Trinajstić information content (AvgIpc) is 4.01. The number of para-hydroxylation sites is 1. The van der Waals surface area contributed by atoms with Crippen LogP contribution in [0.5, 0.6) is 5.75 Å². The molecule has 2 bridgehead atoms. The molecule has 376 valence electrons. The number of likely N-dealkylation sites (N-methyl/N-ethyl adjacent to an activating group) is 1. The Morgan fingerprint density at radius 3 is 2.32 bits per heavy atom. The van der Waals surface area contributed by atoms with Crippen molar-refractivity contribution in [2.75, 3.05) is 65.4 Å². The number of piperidine rings is 1. The number of fused-ring (bicyclic) bond motifs is 6. The van der Waals surface area contributed by atoms with Crippen molar-refractivity contribution in [3.63, 3.8) is 0 Å². The summed E-state index contributed by atoms with van der Waals surface area (Å²) in [6.07, 6.45) is 14.7. The minimum Gasteiger partial charge on any atom is -0.496 e. The smallest absolute Gasteiger partial charge is 0.322 e. The van der Waals surface area contributed by atoms with Gasteiger partial charge >= 0.3 is 11.9 Å². The number of carbonyl (C=O) groups excluding carboxylic acids is 2. The van der Waals surface area contributed by atoms with Crippen molar-refractivity contribution in [3.8, 4) is 5.75 Å². The van der Waals surface area contributed by atoms with Gasteiger partial charge < -0.3 is 45.1 Å². The number of H-pyrrole nitrogens is 1. The third-order valence-electron chi connectivity index (χ3n) is 18.1. The molecule has 6 heterocycles. The zero-order chi connectivity index (χ0) is 48.9. The molecule has 10 atom stereocenters. The molecule has 0 radical (unpaired) electrons. The van der Waals surface area contributed by atoms with E-state index < -0.39 is 57.4 Å². The highest BCUT2D eigenvalue weighted by Crippen LogP contribution is 2.67. The lowest BCUT2D eigenvalue weighted by atomic mass is 9.47. The van der Waals surface area contributed by atoms with Crippen LogP contribution in [0, 0.1) is 11.3 Å². The molecule has 14 nitrogen and oxygen atoms in total. The average molecular weight is 952 g/mol. The summed E-state index contributed by atoms with van der Waals surface area (Å²) < 4.78 is 12.4. The fourth-order valence-corrected chi connectivity index (χ4v) is 15.0. The summed E-state index contributed by atoms with van der Waals surface area (Å²) in [4.78, 5) is 51.9. The van der Waals surface area contributed by atoms with Crippen molar-refractivity contribution < 1.29 is 44.3 Å². The van der Waals surface area contributed by atoms with Crippen molar-refractivity contribution in [1.82, 2.24) is 20.1 Å². The zero-order valence-electron chi connectivity index (χ0n) is 41.7. The van der Waals surface area contributed by atoms with Gasteiger partial charge in [0.2, 0.25) is 0 Å². The van der Waals surface area contributed by atoms with Gasteiger partial charge in [-0.2, -0.15) is 0 Å². The van der Waals surface area contributed by atoms with Crippen molar-refractivity contribution in [2.24, 2.45) is 11.3 Å². The highest BCUT2D eigenvalue weighted by Gasteiger charge is 2.78. The molecule has 6 aliphatic rings. The van der Waals surface area contributed by atoms with Crippen LogP contribution in [0.1, 0.15) is 133 Å². The lowest BCUT2D eigenvalue weighted by molar-refractivity contribution is -0.203. The molecule has 5 aliphatic heterocycles. The van der Waals surface area contributed by atoms with Crippen LogP contribution in [-0.2, 0) is 36.4 Å². The van der Waals surface area contributed by atoms with Crippen LogP contribution < -0.4 is 15.0 Å². The van der Waals surface area contributed by atoms with Gasteiger partial charge in [0, 0.05) is 97.0 Å². The quantitative estimate of drug-likeness (QED) is 0.0472. The first-order valence-electron chi connectivity index (χ1n) is 26.1. The van der Waals surface area contributed by atoms with E-state index in [9.17, 15) is 20.1 Å². The van der Waals surface area contributed by atoms with Gasteiger partial charge in [-0.05, 0) is 87.1 Å². The number of benzene rings is 2. The van der Waals surface area contributed by atoms with Crippen molar-refractivity contribution in [3.05, 3.63) is 70.9 Å². The van der Waals surface area contributed by atoms with Gasteiger partial charge in [-0.25, -0.2) is 0 Å². The molecule has 1 amide bonds. The van der Waals surface area contributed by atoms with Gasteiger partial charge in [0.25, 0.3) is 5.91 Å². The first-order valence-corrected chi connectivity index (χ1v) is 26.1. The number of aliphatic hydroxyl groups excluding tert-OH is 1. The van der Waals surface area contributed by atoms with E-state index in [0.717, 1.165) is 91.2 Å². The molecular formula is C55H77N5O9. The number of unbranched alkanes of at least 4 members (excludes halogenated alkanes) is 8. The second-order valence-corrected chi connectivity index (χ2v) is 21.7. The third kappa shape index (κ3) is 7.90. The lowest BCUT2D eigenvalue weighted by Gasteiger charge is -2.63. The monoisotopic (exact) mass is 952 g/mol. The molecule has 3 fully saturated rings. The number of nitrogens with one attached hydrogen (secondary N) is 2. The van der Waals surface area contributed by atoms with Gasteiger partial charge in [-0.3, -0.25) is 24.2 Å². The van der Waals surface area contributed by atoms with E-state index in [4.69, 9.17) is 14.6 Å². The van der Waals surface area contributed by atoms with Crippen LogP contribution in [0.4, 0.5) is 5.69 Å². The second kappa shape index (κ2) is 19.3. The predicted octanol–water partition coefficient (Wildman–Crippen LogP) is 6.35. The minimum absolute atomic E-state index is 0.0922. The van der Waals surface area contributed by atoms with E-state index in [-0.39, 0.29) is 18.4 Å². The molecule has 1 aromatic heterocycles. The number of ether oxygens (including phenoxy) is 2. The Bertz CT molecular complexity index is 2440. The van der Waals surface area contributed by atoms with E-state index in [2.05, 4.69) is 50.5 Å². The molecular weight excluding hydrogens is 875 g/mol. The fourth-order valence-electron chi connectivity index (χ4n) is 15.0. The number of carbonyl (C=O) groups is 3. The maximum atomic E-state index is 15.5. The van der Waals surface area contributed by atoms with Gasteiger partial charge in [-0.15, -0.1) is 0 Å². The number of aliphatic carboxylic acids is 1. The summed E-state index contributed by atoms with van der Waals surface area (Å²) in [6, 6.07) is 11.2. The summed E-state index contributed by atoms with van der Waals surface area (Å²) in [5, 5.41) is 51.6. The number of aromatic amines is 1. The number of nitrogens with zero attached hydrogens (tertiary/aromatic N) is 3. The van der Waals surface area contributed by atoms with Gasteiger partial charge in [0.1, 0.15) is 17.3 Å². The molecule has 9 rings (SSSR count). The number of aromatic nitrogens is 1. The van der Waals surface area contributed by atoms with Crippen molar-refractivity contribution in [2.45, 2.75) is 157 Å². The standard InChI is InChI=1S/C55H77N5O9/c1-6-51(66)32-36-33-54(50(65)69-5,45-38(23-28-59(34-36)35-51)37-20-16-17-21-41(37)57-45)40-30-39-42(31-43(40)68-4)58(3)47-53(39)25-29-60-27-19-24-52(7-2,46(53)60)48(63)55(47,67)49(64)56-26-18-14-12-10-8-9-11-13-15-22-44(61)62/h16-17,19-21,24,30-31,36,46-48,57,63,66-67H,6-15,18,22-23,25-29,32-35H2,1-5H3,(H,56,64)(H,61,62)/t36-,46-,47+,48-,51+,52-,53+,54-,55-/m1/s1. The summed E-state index contributed by atoms with van der Waals surface area (Å²) in [5.74, 6) is -1.35. The number of hydrogen-bond donors (Lipinski definition) is 6. The highest BCUT2D eigenvalue weighted by molar-refractivity contribution is 5.95.